The molecule has 1 aliphatic carbocycles. The van der Waals surface area contributed by atoms with Gasteiger partial charge in [-0.3, -0.25) is 24.0 Å². The van der Waals surface area contributed by atoms with Gasteiger partial charge in [0.1, 0.15) is 57.2 Å². The Hall–Kier alpha value is -13.2. The molecule has 5 fully saturated rings. The molecule has 0 spiro atoms. The number of anilines is 7. The number of sulfonamides is 4. The van der Waals surface area contributed by atoms with Gasteiger partial charge in [-0.25, -0.2) is 75.0 Å². The summed E-state index contributed by atoms with van der Waals surface area (Å²) in [7, 11) is -13.2. The van der Waals surface area contributed by atoms with Crippen LogP contribution >= 0.6 is 0 Å². The van der Waals surface area contributed by atoms with Crippen molar-refractivity contribution in [2.45, 2.75) is 197 Å². The quantitative estimate of drug-likeness (QED) is 0.0251. The first-order valence-corrected chi connectivity index (χ1v) is 53.4. The Kier molecular flexibility index (Phi) is 32.6. The topological polar surface area (TPSA) is 459 Å². The van der Waals surface area contributed by atoms with E-state index in [0.29, 0.717) is 116 Å². The van der Waals surface area contributed by atoms with Gasteiger partial charge >= 0.3 is 0 Å². The first-order chi connectivity index (χ1) is 67.3. The van der Waals surface area contributed by atoms with Crippen LogP contribution in [-0.4, -0.2) is 192 Å². The van der Waals surface area contributed by atoms with Crippen LogP contribution in [0.5, 0.6) is 5.75 Å². The van der Waals surface area contributed by atoms with E-state index < -0.39 is 91.3 Å². The molecule has 10 aromatic rings. The highest BCUT2D eigenvalue weighted by Gasteiger charge is 2.48. The van der Waals surface area contributed by atoms with E-state index in [1.54, 1.807) is 99.2 Å². The number of halogens is 1. The maximum absolute atomic E-state index is 14.3. The zero-order valence-electron chi connectivity index (χ0n) is 83.7. The summed E-state index contributed by atoms with van der Waals surface area (Å²) in [6.07, 6.45) is 12.7. The number of pyridine rings is 7. The molecule has 4 amide bonds. The van der Waals surface area contributed by atoms with Crippen molar-refractivity contribution in [2.75, 3.05) is 102 Å². The SMILES string of the molecule is CC1(C)C(Cc2ccccc2)CCN1c1ncccc1C(=O)NS(=O)(=O)c1cccc(N)n1.CCOc1cc(F)cc(-c2ccc(C(=O)NS(=O)(=O)C3=CC=CCC3=O)c(N3C[C@@H](C)CC3(C)C)n2)c1.CNc1cccc(S(=O)(=O)NC(=O)c2ccc(-c3cnc(N(C)CC(C)C)c(C)c3)nc2N2C[C@](C)(N)CC2(C)C)n1.C[C@@H]1CN(c2nc(C3CCOC3)ccc2C(=O)NS(=O)(=O)c2ccccc2)C(C)(C)C1. The number of Topliss-reactive ketones (excluding diaryl/α,β-unsaturated/α-hetero) is 1. The fraction of sp³-hybridized carbons (Fsp3) is 0.404. The van der Waals surface area contributed by atoms with E-state index in [1.807, 2.05) is 93.4 Å². The minimum atomic E-state index is -4.39. The minimum absolute atomic E-state index is 0.0373. The standard InChI is InChI=1S/C30H42N8O3S.C27H30FN3O5S.C24H27N5O3S.C23H29N3O4S/c1-19(2)16-37(8)26-20(3)14-21(15-33-26)23-13-12-22(27(34-23)38-18-30(6,31)17-29(38,4)5)28(39)36-42(40,41)25-11-9-10-24(32-7)35-25;1-5-36-20-13-18(12-19(28)14-20)22-11-10-21(25(29-22)31-16-17(2)15-27(31,3)4)26(33)30-37(34,35)24-9-7-6-8-23(24)32;1-24(2)18(16-17-8-4-3-5-9-17)13-15-29(24)22-19(10-7-14-26-22)23(30)28-33(31,32)21-12-6-11-20(25)27-21;1-16-13-23(2,3)26(14-16)21-19(9-10-20(24-21)17-11-12-30-15-17)22(27)25-31(28,29)18-7-5-4-6-8-18/h9-15,19H,16-18,31H2,1-8H3,(H,32,35)(H,36,39);6-7,9-14,17H,5,8,15-16H2,1-4H3,(H,30,33);3-12,14,18H,13,15-16H2,1-2H3,(H2,25,27)(H,28,30);4-10,16-17H,11-15H2,1-3H3,(H,25,27)/t30-;17-;;16-,17?/m10.0/s1. The summed E-state index contributed by atoms with van der Waals surface area (Å²) >= 11 is 0. The van der Waals surface area contributed by atoms with Crippen LogP contribution in [0.3, 0.4) is 0 Å². The van der Waals surface area contributed by atoms with Gasteiger partial charge in [0.25, 0.3) is 63.7 Å². The number of hydrogen-bond acceptors (Lipinski definition) is 30. The fourth-order valence-corrected chi connectivity index (χ4v) is 23.6. The maximum atomic E-state index is 14.3. The number of nitrogens with zero attached hydrogens (tertiary/aromatic N) is 12. The van der Waals surface area contributed by atoms with Crippen molar-refractivity contribution in [2.24, 2.45) is 29.4 Å². The summed E-state index contributed by atoms with van der Waals surface area (Å²) in [5.74, 6) is 0.847. The second-order valence-electron chi connectivity index (χ2n) is 40.2. The van der Waals surface area contributed by atoms with Gasteiger partial charge in [-0.1, -0.05) is 101 Å². The van der Waals surface area contributed by atoms with Crippen LogP contribution in [0.1, 0.15) is 200 Å². The van der Waals surface area contributed by atoms with Gasteiger partial charge in [0.2, 0.25) is 0 Å². The molecule has 3 aromatic carbocycles. The zero-order chi connectivity index (χ0) is 104. The number of ether oxygens (including phenoxy) is 2. The molecule has 143 heavy (non-hydrogen) atoms. The van der Waals surface area contributed by atoms with Crippen molar-refractivity contribution < 1.29 is 71.5 Å². The molecule has 0 radical (unpaired) electrons. The highest BCUT2D eigenvalue weighted by atomic mass is 32.2. The number of rotatable bonds is 27. The Bertz CT molecular complexity index is 6970. The third kappa shape index (κ3) is 25.5. The average molecular weight is 2030 g/mol. The lowest BCUT2D eigenvalue weighted by atomic mass is 9.83. The molecule has 39 heteroatoms. The lowest BCUT2D eigenvalue weighted by Gasteiger charge is -2.37. The lowest BCUT2D eigenvalue weighted by molar-refractivity contribution is -0.114. The number of amides is 4. The molecular formula is C104H128FN19O15S4. The van der Waals surface area contributed by atoms with E-state index in [9.17, 15) is 62.0 Å². The second kappa shape index (κ2) is 43.5. The number of allylic oxidation sites excluding steroid dienone is 4. The number of nitrogens with two attached hydrogens (primary N) is 2. The van der Waals surface area contributed by atoms with E-state index in [2.05, 4.69) is 117 Å². The number of nitrogen functional groups attached to an aromatic ring is 1. The first kappa shape index (κ1) is 107. The Balaban J connectivity index is 0.000000161. The number of nitrogens with one attached hydrogen (secondary N) is 5. The molecule has 0 bridgehead atoms. The summed E-state index contributed by atoms with van der Waals surface area (Å²) in [4.78, 5) is 107. The van der Waals surface area contributed by atoms with Gasteiger partial charge in [0, 0.05) is 129 Å². The van der Waals surface area contributed by atoms with Gasteiger partial charge in [-0.15, -0.1) is 0 Å². The monoisotopic (exact) mass is 2030 g/mol. The Morgan fingerprint density at radius 2 is 1.15 bits per heavy atom. The number of ketones is 1. The maximum Gasteiger partial charge on any atom is 0.281 e. The molecule has 5 aliphatic heterocycles. The molecule has 16 rings (SSSR count). The van der Waals surface area contributed by atoms with Crippen LogP contribution in [0.4, 0.5) is 45.1 Å². The van der Waals surface area contributed by atoms with E-state index in [1.165, 1.54) is 78.4 Å². The second-order valence-corrected chi connectivity index (χ2v) is 46.8. The molecule has 6 aliphatic rings. The minimum Gasteiger partial charge on any atom is -0.494 e. The van der Waals surface area contributed by atoms with Crippen molar-refractivity contribution >= 4 is 110 Å². The zero-order valence-corrected chi connectivity index (χ0v) is 87.0. The van der Waals surface area contributed by atoms with Gasteiger partial charge in [0.15, 0.2) is 15.8 Å². The number of aromatic nitrogens is 7. The van der Waals surface area contributed by atoms with E-state index in [-0.39, 0.29) is 77.8 Å². The van der Waals surface area contributed by atoms with Crippen LogP contribution in [0.2, 0.25) is 0 Å². The number of benzene rings is 3. The molecule has 7 aromatic heterocycles. The summed E-state index contributed by atoms with van der Waals surface area (Å²) in [5.41, 5.74) is 16.4. The largest absolute Gasteiger partial charge is 0.494 e. The molecule has 2 unspecified atom stereocenters. The molecule has 0 saturated carbocycles. The summed E-state index contributed by atoms with van der Waals surface area (Å²) in [5, 5.41) is 2.22. The van der Waals surface area contributed by atoms with Crippen molar-refractivity contribution in [1.29, 1.82) is 0 Å². The number of aryl methyl sites for hydroxylation is 1. The predicted molar refractivity (Wildman–Crippen MR) is 553 cm³/mol. The fourth-order valence-electron chi connectivity index (χ4n) is 19.7. The normalized spacial score (nSPS) is 19.4. The number of carbonyl (C=O) groups is 5. The molecule has 5 saturated heterocycles. The third-order valence-corrected chi connectivity index (χ3v) is 31.3. The predicted octanol–water partition coefficient (Wildman–Crippen LogP) is 14.5. The van der Waals surface area contributed by atoms with Crippen LogP contribution in [-0.2, 0) is 56.0 Å². The Labute approximate surface area is 837 Å². The molecule has 5 atom stereocenters. The van der Waals surface area contributed by atoms with Crippen molar-refractivity contribution in [3.63, 3.8) is 0 Å². The molecule has 760 valence electrons. The number of hydrogen-bond donors (Lipinski definition) is 7. The van der Waals surface area contributed by atoms with Gasteiger partial charge in [0.05, 0.1) is 51.8 Å². The smallest absolute Gasteiger partial charge is 0.281 e. The Morgan fingerprint density at radius 1 is 0.594 bits per heavy atom. The average Bonchev–Trinajstić information content (AvgIpc) is 1.80. The van der Waals surface area contributed by atoms with E-state index in [0.717, 1.165) is 67.8 Å². The van der Waals surface area contributed by atoms with Gasteiger partial charge in [-0.05, 0) is 259 Å². The lowest BCUT2D eigenvalue weighted by Crippen LogP contribution is -2.45. The molecular weight excluding hydrogens is 1900 g/mol. The summed E-state index contributed by atoms with van der Waals surface area (Å²) < 4.78 is 137. The molecule has 34 nitrogen and oxygen atoms in total. The van der Waals surface area contributed by atoms with Crippen molar-refractivity contribution in [3.8, 4) is 28.3 Å². The highest BCUT2D eigenvalue weighted by Crippen LogP contribution is 2.45. The first-order valence-electron chi connectivity index (χ1n) is 47.5. The summed E-state index contributed by atoms with van der Waals surface area (Å²) in [6.45, 7) is 36.1. The highest BCUT2D eigenvalue weighted by molar-refractivity contribution is 7.95. The molecule has 9 N–H and O–H groups in total. The van der Waals surface area contributed by atoms with Gasteiger partial charge in [-0.2, -0.15) is 16.8 Å². The van der Waals surface area contributed by atoms with E-state index in [4.69, 9.17) is 40.9 Å². The van der Waals surface area contributed by atoms with Crippen LogP contribution in [0.25, 0.3) is 22.5 Å². The van der Waals surface area contributed by atoms with Crippen LogP contribution in [0.15, 0.2) is 220 Å². The van der Waals surface area contributed by atoms with Crippen LogP contribution < -0.4 is 64.9 Å². The third-order valence-electron chi connectivity index (χ3n) is 26.0. The van der Waals surface area contributed by atoms with Crippen molar-refractivity contribution in [3.05, 3.63) is 250 Å². The number of carbonyl (C=O) groups excluding carboxylic acids is 5. The van der Waals surface area contributed by atoms with E-state index >= 15 is 0 Å². The molecule has 12 heterocycles. The Morgan fingerprint density at radius 3 is 1.69 bits per heavy atom. The van der Waals surface area contributed by atoms with Crippen molar-refractivity contribution in [1.82, 2.24) is 53.8 Å². The summed E-state index contributed by atoms with van der Waals surface area (Å²) in [6, 6.07) is 46.3. The van der Waals surface area contributed by atoms with Crippen LogP contribution in [0, 0.1) is 36.4 Å². The van der Waals surface area contributed by atoms with Gasteiger partial charge < -0.3 is 50.8 Å².